The molecule has 1 heterocycles. The molecule has 1 rings (SSSR count). The van der Waals surface area contributed by atoms with E-state index in [1.54, 1.807) is 13.8 Å². The van der Waals surface area contributed by atoms with Gasteiger partial charge in [0.1, 0.15) is 11.7 Å². The standard InChI is InChI=1S/C13H22N2O4/c1-4-5-6-7-14-9-11(16)15(12(9)17)10(8(2)3)13(18)19/h9,11,14,16H,4-7H2,1-3H3,(H,18,19)/t9-,11+/m0/s1. The van der Waals surface area contributed by atoms with Crippen molar-refractivity contribution in [2.24, 2.45) is 0 Å². The monoisotopic (exact) mass is 270 g/mol. The summed E-state index contributed by atoms with van der Waals surface area (Å²) >= 11 is 0. The van der Waals surface area contributed by atoms with Crippen molar-refractivity contribution in [1.29, 1.82) is 0 Å². The van der Waals surface area contributed by atoms with Crippen molar-refractivity contribution >= 4 is 11.9 Å². The fraction of sp³-hybridized carbons (Fsp3) is 0.692. The molecule has 19 heavy (non-hydrogen) atoms. The Morgan fingerprint density at radius 2 is 2.00 bits per heavy atom. The van der Waals surface area contributed by atoms with Gasteiger partial charge in [-0.15, -0.1) is 0 Å². The molecule has 0 aromatic carbocycles. The van der Waals surface area contributed by atoms with Crippen molar-refractivity contribution < 1.29 is 19.8 Å². The number of hydrogen-bond donors (Lipinski definition) is 3. The molecule has 1 aliphatic heterocycles. The number of nitrogens with zero attached hydrogens (tertiary/aromatic N) is 1. The van der Waals surface area contributed by atoms with Crippen LogP contribution >= 0.6 is 0 Å². The zero-order valence-corrected chi connectivity index (χ0v) is 11.6. The predicted octanol–water partition coefficient (Wildman–Crippen LogP) is 0.674. The smallest absolute Gasteiger partial charge is 0.352 e. The van der Waals surface area contributed by atoms with Gasteiger partial charge in [-0.25, -0.2) is 4.79 Å². The molecule has 1 fully saturated rings. The van der Waals surface area contributed by atoms with E-state index in [4.69, 9.17) is 5.11 Å². The first-order valence-electron chi connectivity index (χ1n) is 6.57. The van der Waals surface area contributed by atoms with E-state index in [0.29, 0.717) is 12.1 Å². The minimum Gasteiger partial charge on any atom is -0.477 e. The first kappa shape index (κ1) is 15.7. The van der Waals surface area contributed by atoms with Gasteiger partial charge in [0.05, 0.1) is 0 Å². The molecule has 0 aromatic rings. The maximum Gasteiger partial charge on any atom is 0.352 e. The Morgan fingerprint density at radius 1 is 1.37 bits per heavy atom. The van der Waals surface area contributed by atoms with Crippen LogP contribution in [0.25, 0.3) is 0 Å². The van der Waals surface area contributed by atoms with Gasteiger partial charge in [-0.1, -0.05) is 19.8 Å². The molecule has 1 saturated heterocycles. The molecule has 6 nitrogen and oxygen atoms in total. The van der Waals surface area contributed by atoms with Crippen molar-refractivity contribution in [2.75, 3.05) is 6.54 Å². The van der Waals surface area contributed by atoms with Crippen LogP contribution in [0.5, 0.6) is 0 Å². The number of nitrogens with one attached hydrogen (secondary N) is 1. The number of carbonyl (C=O) groups is 2. The molecule has 3 N–H and O–H groups in total. The highest BCUT2D eigenvalue weighted by Gasteiger charge is 2.49. The average molecular weight is 270 g/mol. The van der Waals surface area contributed by atoms with Gasteiger partial charge in [-0.3, -0.25) is 9.69 Å². The third kappa shape index (κ3) is 3.33. The molecule has 0 radical (unpaired) electrons. The van der Waals surface area contributed by atoms with Gasteiger partial charge >= 0.3 is 5.97 Å². The molecule has 0 saturated carbocycles. The van der Waals surface area contributed by atoms with E-state index in [1.165, 1.54) is 0 Å². The highest BCUT2D eigenvalue weighted by molar-refractivity contribution is 5.99. The van der Waals surface area contributed by atoms with E-state index < -0.39 is 18.2 Å². The Morgan fingerprint density at radius 3 is 2.42 bits per heavy atom. The van der Waals surface area contributed by atoms with Crippen LogP contribution in [0.4, 0.5) is 0 Å². The van der Waals surface area contributed by atoms with Crippen LogP contribution in [-0.4, -0.2) is 45.8 Å². The first-order chi connectivity index (χ1) is 8.91. The van der Waals surface area contributed by atoms with E-state index in [-0.39, 0.29) is 11.6 Å². The number of aliphatic carboxylic acids is 1. The van der Waals surface area contributed by atoms with Gasteiger partial charge in [-0.2, -0.15) is 0 Å². The molecule has 0 bridgehead atoms. The molecule has 2 atom stereocenters. The highest BCUT2D eigenvalue weighted by atomic mass is 16.4. The first-order valence-corrected chi connectivity index (χ1v) is 6.57. The zero-order valence-electron chi connectivity index (χ0n) is 11.6. The largest absolute Gasteiger partial charge is 0.477 e. The number of aliphatic hydroxyl groups is 1. The van der Waals surface area contributed by atoms with E-state index in [1.807, 2.05) is 0 Å². The summed E-state index contributed by atoms with van der Waals surface area (Å²) in [5, 5.41) is 21.9. The van der Waals surface area contributed by atoms with Crippen LogP contribution in [0.1, 0.15) is 40.0 Å². The molecule has 0 aliphatic carbocycles. The van der Waals surface area contributed by atoms with E-state index in [9.17, 15) is 14.7 Å². The van der Waals surface area contributed by atoms with Gasteiger partial charge in [0.15, 0.2) is 6.23 Å². The third-order valence-electron chi connectivity index (χ3n) is 3.13. The minimum atomic E-state index is -1.20. The van der Waals surface area contributed by atoms with Crippen molar-refractivity contribution in [3.8, 4) is 0 Å². The number of unbranched alkanes of at least 4 members (excludes halogenated alkanes) is 2. The van der Waals surface area contributed by atoms with Crippen LogP contribution < -0.4 is 5.32 Å². The Balaban J connectivity index is 2.61. The van der Waals surface area contributed by atoms with Gasteiger partial charge in [-0.05, 0) is 32.4 Å². The summed E-state index contributed by atoms with van der Waals surface area (Å²) in [4.78, 5) is 23.9. The number of carboxylic acids is 1. The van der Waals surface area contributed by atoms with Gasteiger partial charge in [0.25, 0.3) is 5.91 Å². The summed E-state index contributed by atoms with van der Waals surface area (Å²) in [6.07, 6.45) is 1.97. The summed E-state index contributed by atoms with van der Waals surface area (Å²) in [7, 11) is 0. The second-order valence-electron chi connectivity index (χ2n) is 4.91. The Bertz CT molecular complexity index is 388. The molecule has 1 amide bonds. The number of allylic oxidation sites excluding steroid dienone is 1. The summed E-state index contributed by atoms with van der Waals surface area (Å²) < 4.78 is 0. The van der Waals surface area contributed by atoms with E-state index >= 15 is 0 Å². The summed E-state index contributed by atoms with van der Waals surface area (Å²) in [5.41, 5.74) is 0.355. The van der Waals surface area contributed by atoms with E-state index in [2.05, 4.69) is 12.2 Å². The topological polar surface area (TPSA) is 89.9 Å². The maximum absolute atomic E-state index is 11.9. The van der Waals surface area contributed by atoms with Crippen LogP contribution in [0.2, 0.25) is 0 Å². The summed E-state index contributed by atoms with van der Waals surface area (Å²) in [6, 6.07) is -0.689. The lowest BCUT2D eigenvalue weighted by atomic mass is 10.0. The normalized spacial score (nSPS) is 22.1. The van der Waals surface area contributed by atoms with Crippen LogP contribution in [0.15, 0.2) is 11.3 Å². The molecular weight excluding hydrogens is 248 g/mol. The number of amides is 1. The van der Waals surface area contributed by atoms with Gasteiger partial charge in [0.2, 0.25) is 0 Å². The molecule has 0 unspecified atom stereocenters. The number of β-lactam (4-membered cyclic amide) rings is 1. The molecule has 1 aliphatic rings. The van der Waals surface area contributed by atoms with Gasteiger partial charge in [0, 0.05) is 0 Å². The lowest BCUT2D eigenvalue weighted by Crippen LogP contribution is -2.70. The minimum absolute atomic E-state index is 0.135. The molecule has 0 aromatic heterocycles. The quantitative estimate of drug-likeness (QED) is 0.359. The van der Waals surface area contributed by atoms with Crippen LogP contribution in [0, 0.1) is 0 Å². The van der Waals surface area contributed by atoms with Crippen molar-refractivity contribution in [1.82, 2.24) is 10.2 Å². The number of carbonyl (C=O) groups excluding carboxylic acids is 1. The molecular formula is C13H22N2O4. The summed E-state index contributed by atoms with van der Waals surface area (Å²) in [5.74, 6) is -1.58. The second kappa shape index (κ2) is 6.68. The zero-order chi connectivity index (χ0) is 14.6. The maximum atomic E-state index is 11.9. The Labute approximate surface area is 113 Å². The number of aliphatic hydroxyl groups excluding tert-OH is 1. The fourth-order valence-electron chi connectivity index (χ4n) is 2.10. The second-order valence-corrected chi connectivity index (χ2v) is 4.91. The lowest BCUT2D eigenvalue weighted by molar-refractivity contribution is -0.170. The van der Waals surface area contributed by atoms with Crippen LogP contribution in [-0.2, 0) is 9.59 Å². The summed E-state index contributed by atoms with van der Waals surface area (Å²) in [6.45, 7) is 5.93. The molecule has 0 spiro atoms. The fourth-order valence-corrected chi connectivity index (χ4v) is 2.10. The Kier molecular flexibility index (Phi) is 5.50. The number of hydrogen-bond acceptors (Lipinski definition) is 4. The van der Waals surface area contributed by atoms with Crippen molar-refractivity contribution in [2.45, 2.75) is 52.3 Å². The van der Waals surface area contributed by atoms with Gasteiger partial charge < -0.3 is 15.5 Å². The number of carboxylic acid groups (broad SMARTS) is 1. The van der Waals surface area contributed by atoms with Crippen molar-refractivity contribution in [3.63, 3.8) is 0 Å². The highest BCUT2D eigenvalue weighted by Crippen LogP contribution is 2.25. The molecule has 108 valence electrons. The van der Waals surface area contributed by atoms with Crippen molar-refractivity contribution in [3.05, 3.63) is 11.3 Å². The SMILES string of the molecule is CCCCCN[C@@H]1C(=O)N(C(C(=O)O)=C(C)C)[C@@H]1O. The number of rotatable bonds is 7. The predicted molar refractivity (Wildman–Crippen MR) is 70.2 cm³/mol. The average Bonchev–Trinajstić information content (AvgIpc) is 2.34. The third-order valence-corrected chi connectivity index (χ3v) is 3.13. The van der Waals surface area contributed by atoms with E-state index in [0.717, 1.165) is 24.2 Å². The lowest BCUT2D eigenvalue weighted by Gasteiger charge is -2.44. The van der Waals surface area contributed by atoms with Crippen LogP contribution in [0.3, 0.4) is 0 Å². The number of likely N-dealkylation sites (tertiary alicyclic amines) is 1. The Hall–Kier alpha value is -1.40. The molecule has 6 heteroatoms.